The molecule has 2 rings (SSSR count). The van der Waals surface area contributed by atoms with Crippen LogP contribution in [0.2, 0.25) is 0 Å². The average molecular weight is 1490 g/mol. The van der Waals surface area contributed by atoms with Crippen LogP contribution in [0.15, 0.2) is 5.10 Å². The Morgan fingerprint density at radius 1 is 0.612 bits per heavy atom. The molecule has 2 saturated heterocycles. The number of nitrogens with zero attached hydrogens (tertiary/aromatic N) is 4. The zero-order valence-electron chi connectivity index (χ0n) is 62.1. The number of aliphatic hydroxyl groups is 1. The van der Waals surface area contributed by atoms with Gasteiger partial charge in [-0.25, -0.2) is 14.7 Å². The van der Waals surface area contributed by atoms with Crippen LogP contribution < -0.4 is 38.1 Å². The van der Waals surface area contributed by atoms with Crippen molar-refractivity contribution in [2.75, 3.05) is 59.1 Å². The lowest BCUT2D eigenvalue weighted by molar-refractivity contribution is -0.485. The molecule has 6 amide bonds. The van der Waals surface area contributed by atoms with Gasteiger partial charge in [0, 0.05) is 58.3 Å². The molecule has 2 heterocycles. The summed E-state index contributed by atoms with van der Waals surface area (Å²) >= 11 is 0. The topological polar surface area (TPSA) is 460 Å². The maximum absolute atomic E-state index is 14.4. The van der Waals surface area contributed by atoms with Gasteiger partial charge in [0.2, 0.25) is 35.4 Å². The Kier molecular flexibility index (Phi) is 51.2. The largest absolute Gasteiger partial charge is 0.481 e. The van der Waals surface area contributed by atoms with Crippen molar-refractivity contribution < 1.29 is 91.2 Å². The molecule has 592 valence electrons. The second-order valence-corrected chi connectivity index (χ2v) is 28.8. The molecule has 2 aliphatic rings. The number of carboxylic acid groups (broad SMARTS) is 1. The number of aliphatic hydroxyl groups excluding tert-OH is 1. The number of nitrogens with one attached hydrogen (secondary N) is 5. The van der Waals surface area contributed by atoms with Crippen molar-refractivity contribution >= 4 is 72.9 Å². The zero-order chi connectivity index (χ0) is 76.1. The van der Waals surface area contributed by atoms with Gasteiger partial charge in [0.25, 0.3) is 5.96 Å². The van der Waals surface area contributed by atoms with Gasteiger partial charge in [-0.3, -0.25) is 57.0 Å². The number of unbranched alkanes of at least 4 members (excludes halogenated alkanes) is 25. The molecule has 2 fully saturated rings. The van der Waals surface area contributed by atoms with E-state index in [2.05, 4.69) is 45.5 Å². The van der Waals surface area contributed by atoms with Gasteiger partial charge in [-0.15, -0.1) is 0 Å². The van der Waals surface area contributed by atoms with Crippen LogP contribution in [0.5, 0.6) is 0 Å². The molecule has 0 spiro atoms. The van der Waals surface area contributed by atoms with Gasteiger partial charge in [-0.2, -0.15) is 0 Å². The molecule has 0 aromatic heterocycles. The molecular weight excluding hydrogens is 1360 g/mol. The number of hydrogen-bond donors (Lipinski definition) is 10. The number of nitrogens with two attached hydrogens (primary N) is 2. The molecule has 12 N–H and O–H groups in total. The van der Waals surface area contributed by atoms with Crippen LogP contribution in [-0.2, 0) is 71.0 Å². The van der Waals surface area contributed by atoms with Gasteiger partial charge >= 0.3 is 25.7 Å². The molecule has 103 heavy (non-hydrogen) atoms. The standard InChI is InChI=1S/C71H128N11O20P/c1-4-6-8-10-12-14-16-18-20-22-24-26-28-42-64(88)99-52-56(102-65(89)43-29-27-25-23-21-19-17-15-13-11-9-7-5-2)53-101-103(97,98)100-49-46-74-61(85)40-32-41-62(86)76-51-63(87)78-66(54(3)83)67(90)77-57(37-30-31-44-72)68(91)81-48-35-39-59(81)69(92)80-47-34-38-58(80)60(84)50-55(70(93)94)36-33-45-75-71(73)79-82(95)96/h54-59,66,83H,4-53,72H2,1-3H3,(H,74,85)(H,76,86)(H,77,90)(H,78,87)(H,93,94)(H,97,98)(H3,73,75,79). The summed E-state index contributed by atoms with van der Waals surface area (Å²) < 4.78 is 34.2. The van der Waals surface area contributed by atoms with Gasteiger partial charge in [-0.1, -0.05) is 168 Å². The molecule has 0 saturated carbocycles. The van der Waals surface area contributed by atoms with Crippen LogP contribution in [0.1, 0.15) is 284 Å². The first-order valence-electron chi connectivity index (χ1n) is 38.5. The Morgan fingerprint density at radius 3 is 1.67 bits per heavy atom. The van der Waals surface area contributed by atoms with Gasteiger partial charge in [0.05, 0.1) is 37.8 Å². The Hall–Kier alpha value is -6.40. The molecule has 0 aromatic rings. The van der Waals surface area contributed by atoms with Crippen molar-refractivity contribution in [1.82, 2.24) is 36.4 Å². The molecule has 31 nitrogen and oxygen atoms in total. The number of nitro groups is 1. The summed E-state index contributed by atoms with van der Waals surface area (Å²) in [6, 6.07) is -4.83. The van der Waals surface area contributed by atoms with Gasteiger partial charge < -0.3 is 72.4 Å². The lowest BCUT2D eigenvalue weighted by atomic mass is 9.93. The summed E-state index contributed by atoms with van der Waals surface area (Å²) in [7, 11) is -4.77. The maximum atomic E-state index is 14.4. The number of likely N-dealkylation sites (tertiary alicyclic amines) is 2. The van der Waals surface area contributed by atoms with Crippen LogP contribution in [0, 0.1) is 16.0 Å². The van der Waals surface area contributed by atoms with Crippen molar-refractivity contribution in [3.63, 3.8) is 0 Å². The van der Waals surface area contributed by atoms with E-state index in [4.69, 9.17) is 30.0 Å². The fraction of sp³-hybridized carbons (Fsp3) is 0.845. The van der Waals surface area contributed by atoms with E-state index in [1.54, 1.807) is 0 Å². The van der Waals surface area contributed by atoms with E-state index in [9.17, 15) is 77.7 Å². The molecule has 8 atom stereocenters. The van der Waals surface area contributed by atoms with E-state index in [0.717, 1.165) is 44.9 Å². The normalized spacial score (nSPS) is 16.5. The fourth-order valence-electron chi connectivity index (χ4n) is 12.6. The quantitative estimate of drug-likeness (QED) is 0.00525. The maximum Gasteiger partial charge on any atom is 0.472 e. The predicted molar refractivity (Wildman–Crippen MR) is 388 cm³/mol. The van der Waals surface area contributed by atoms with E-state index in [-0.39, 0.29) is 96.9 Å². The minimum atomic E-state index is -4.77. The molecule has 32 heteroatoms. The number of carbonyl (C=O) groups is 10. The van der Waals surface area contributed by atoms with Crippen molar-refractivity contribution in [2.45, 2.75) is 320 Å². The first-order chi connectivity index (χ1) is 49.4. The Bertz CT molecular complexity index is 2590. The number of ketones is 1. The summed E-state index contributed by atoms with van der Waals surface area (Å²) in [4.78, 5) is 156. The minimum Gasteiger partial charge on any atom is -0.481 e. The van der Waals surface area contributed by atoms with Crippen LogP contribution in [-0.4, -0.2) is 190 Å². The number of guanidine groups is 1. The van der Waals surface area contributed by atoms with E-state index >= 15 is 0 Å². The summed E-state index contributed by atoms with van der Waals surface area (Å²) in [5.74, 6) is -8.50. The zero-order valence-corrected chi connectivity index (χ0v) is 63.0. The van der Waals surface area contributed by atoms with Crippen molar-refractivity contribution in [3.8, 4) is 0 Å². The molecule has 8 unspecified atom stereocenters. The number of ether oxygens (including phenoxy) is 2. The first-order valence-corrected chi connectivity index (χ1v) is 40.0. The first kappa shape index (κ1) is 92.7. The number of carbonyl (C=O) groups excluding carboxylic acids is 9. The lowest BCUT2D eigenvalue weighted by Gasteiger charge is -2.33. The van der Waals surface area contributed by atoms with E-state index in [1.165, 1.54) is 126 Å². The molecule has 0 radical (unpaired) electrons. The van der Waals surface area contributed by atoms with E-state index < -0.39 is 153 Å². The minimum absolute atomic E-state index is 0.0131. The summed E-state index contributed by atoms with van der Waals surface area (Å²) in [6.45, 7) is 3.94. The van der Waals surface area contributed by atoms with Crippen LogP contribution in [0.25, 0.3) is 0 Å². The highest BCUT2D eigenvalue weighted by Gasteiger charge is 2.44. The second-order valence-electron chi connectivity index (χ2n) is 27.4. The number of phosphoric ester groups is 1. The van der Waals surface area contributed by atoms with Gasteiger partial charge in [0.15, 0.2) is 16.9 Å². The number of amides is 6. The predicted octanol–water partition coefficient (Wildman–Crippen LogP) is 7.94. The molecule has 0 bridgehead atoms. The van der Waals surface area contributed by atoms with Crippen LogP contribution in [0.3, 0.4) is 0 Å². The molecular formula is C71H128N11O20P. The summed E-state index contributed by atoms with van der Waals surface area (Å²) in [5, 5.41) is 45.5. The number of carboxylic acids is 1. The number of hydrazone groups is 1. The Balaban J connectivity index is 1.86. The highest BCUT2D eigenvalue weighted by Crippen LogP contribution is 2.43. The highest BCUT2D eigenvalue weighted by molar-refractivity contribution is 7.47. The number of esters is 2. The van der Waals surface area contributed by atoms with Crippen LogP contribution >= 0.6 is 7.82 Å². The number of rotatable bonds is 63. The number of phosphoric acid groups is 1. The Morgan fingerprint density at radius 2 is 1.14 bits per heavy atom. The third-order valence-electron chi connectivity index (χ3n) is 18.4. The summed E-state index contributed by atoms with van der Waals surface area (Å²) in [5.41, 5.74) is 11.2. The van der Waals surface area contributed by atoms with Crippen molar-refractivity contribution in [3.05, 3.63) is 10.1 Å². The SMILES string of the molecule is CCCCCCCCCCCCCCCC(=O)OCC(COP(=O)(O)OCCNC(=O)CCCC(=O)NCC(=O)NC(C(=O)NC(CCCCN)C(=O)N1CCCC1C(=O)N1CCCC1C(=O)CC(CCCN/C(N)=N\[N+](=O)[O-])C(=O)O)C(C)O)OC(=O)CCCCCCCCCCCCCCC. The van der Waals surface area contributed by atoms with Gasteiger partial charge in [0.1, 0.15) is 29.8 Å². The fourth-order valence-corrected chi connectivity index (χ4v) is 13.3. The smallest absolute Gasteiger partial charge is 0.472 e. The average Bonchev–Trinajstić information content (AvgIpc) is 1.68. The highest BCUT2D eigenvalue weighted by atomic mass is 31.2. The lowest BCUT2D eigenvalue weighted by Crippen LogP contribution is -2.59. The van der Waals surface area contributed by atoms with E-state index in [0.29, 0.717) is 38.5 Å². The number of Topliss-reactive ketones (excluding diaryl/α,β-unsaturated/α-hetero) is 1. The monoisotopic (exact) mass is 1490 g/mol. The molecule has 2 aliphatic heterocycles. The number of hydrogen-bond acceptors (Lipinski definition) is 19. The number of aliphatic carboxylic acids is 1. The Labute approximate surface area is 610 Å². The van der Waals surface area contributed by atoms with Crippen molar-refractivity contribution in [1.29, 1.82) is 0 Å². The summed E-state index contributed by atoms with van der Waals surface area (Å²) in [6.07, 6.45) is 29.1. The molecule has 0 aromatic carbocycles. The van der Waals surface area contributed by atoms with Gasteiger partial charge in [-0.05, 0) is 90.5 Å². The second kappa shape index (κ2) is 56.9. The molecule has 0 aliphatic carbocycles. The van der Waals surface area contributed by atoms with Crippen LogP contribution in [0.4, 0.5) is 0 Å². The third kappa shape index (κ3) is 44.2. The van der Waals surface area contributed by atoms with E-state index in [1.807, 2.05) is 0 Å². The van der Waals surface area contributed by atoms with Crippen molar-refractivity contribution in [2.24, 2.45) is 22.5 Å². The third-order valence-corrected chi connectivity index (χ3v) is 19.4.